The Kier molecular flexibility index (Phi) is 4.70. The number of furan rings is 1. The fourth-order valence-corrected chi connectivity index (χ4v) is 4.09. The van der Waals surface area contributed by atoms with Gasteiger partial charge in [-0.15, -0.1) is 0 Å². The van der Waals surface area contributed by atoms with Gasteiger partial charge in [0.1, 0.15) is 17.1 Å². The van der Waals surface area contributed by atoms with Gasteiger partial charge in [-0.25, -0.2) is 0 Å². The molecule has 0 spiro atoms. The van der Waals surface area contributed by atoms with E-state index in [4.69, 9.17) is 9.15 Å². The molecule has 0 amide bonds. The molecule has 0 radical (unpaired) electrons. The van der Waals surface area contributed by atoms with Crippen molar-refractivity contribution in [1.82, 2.24) is 4.90 Å². The Balaban J connectivity index is 1.77. The van der Waals surface area contributed by atoms with Crippen molar-refractivity contribution in [1.29, 1.82) is 0 Å². The number of hydrogen-bond donors (Lipinski definition) is 1. The molecule has 4 heteroatoms. The molecule has 1 fully saturated rings. The van der Waals surface area contributed by atoms with Crippen LogP contribution in [0.4, 0.5) is 0 Å². The van der Waals surface area contributed by atoms with Gasteiger partial charge in [0.25, 0.3) is 0 Å². The van der Waals surface area contributed by atoms with Crippen molar-refractivity contribution < 1.29 is 14.3 Å². The number of nitrogens with zero attached hydrogens (tertiary/aromatic N) is 1. The minimum absolute atomic E-state index is 0.211. The van der Waals surface area contributed by atoms with Crippen LogP contribution in [0.2, 0.25) is 0 Å². The number of aryl methyl sites for hydroxylation is 1. The van der Waals surface area contributed by atoms with Crippen molar-refractivity contribution in [3.8, 4) is 16.9 Å². The number of likely N-dealkylation sites (tertiary alicyclic amines) is 1. The predicted octanol–water partition coefficient (Wildman–Crippen LogP) is 4.37. The largest absolute Gasteiger partial charge is 0.496 e. The molecule has 136 valence electrons. The molecule has 1 aliphatic heterocycles. The Morgan fingerprint density at radius 1 is 1.23 bits per heavy atom. The van der Waals surface area contributed by atoms with Gasteiger partial charge in [0.2, 0.25) is 0 Å². The third kappa shape index (κ3) is 3.00. The molecular weight excluding hydrogens is 326 g/mol. The highest BCUT2D eigenvalue weighted by atomic mass is 16.5. The van der Waals surface area contributed by atoms with Crippen LogP contribution in [0.1, 0.15) is 24.2 Å². The first-order valence-corrected chi connectivity index (χ1v) is 9.21. The summed E-state index contributed by atoms with van der Waals surface area (Å²) in [7, 11) is 1.72. The highest BCUT2D eigenvalue weighted by molar-refractivity contribution is 5.97. The summed E-state index contributed by atoms with van der Waals surface area (Å²) in [5.41, 5.74) is 4.27. The smallest absolute Gasteiger partial charge is 0.135 e. The lowest BCUT2D eigenvalue weighted by molar-refractivity contribution is 0.152. The summed E-state index contributed by atoms with van der Waals surface area (Å²) in [5, 5.41) is 10.7. The van der Waals surface area contributed by atoms with Crippen LogP contribution < -0.4 is 4.74 Å². The Hall–Kier alpha value is -2.30. The molecule has 1 aromatic heterocycles. The molecule has 0 aliphatic carbocycles. The van der Waals surface area contributed by atoms with Gasteiger partial charge in [-0.3, -0.25) is 4.90 Å². The molecule has 1 saturated heterocycles. The number of benzene rings is 2. The number of ether oxygens (including phenoxy) is 1. The van der Waals surface area contributed by atoms with Gasteiger partial charge in [-0.05, 0) is 44.0 Å². The van der Waals surface area contributed by atoms with E-state index in [0.717, 1.165) is 65.1 Å². The molecule has 1 N–H and O–H groups in total. The summed E-state index contributed by atoms with van der Waals surface area (Å²) in [6.45, 7) is 4.00. The summed E-state index contributed by atoms with van der Waals surface area (Å²) in [6, 6.07) is 14.8. The van der Waals surface area contributed by atoms with Crippen LogP contribution in [0.5, 0.6) is 5.75 Å². The molecule has 0 unspecified atom stereocenters. The maximum atomic E-state index is 9.59. The fourth-order valence-electron chi connectivity index (χ4n) is 4.09. The van der Waals surface area contributed by atoms with Gasteiger partial charge in [0, 0.05) is 29.1 Å². The SMILES string of the molecule is COc1cc2c(-c3ccccc3)c(C)oc2cc1CN1CCC[C@@H]1CO. The monoisotopic (exact) mass is 351 g/mol. The summed E-state index contributed by atoms with van der Waals surface area (Å²) >= 11 is 0. The average Bonchev–Trinajstić information content (AvgIpc) is 3.24. The molecule has 1 atom stereocenters. The highest BCUT2D eigenvalue weighted by Crippen LogP contribution is 2.38. The lowest BCUT2D eigenvalue weighted by Crippen LogP contribution is -2.31. The fraction of sp³-hybridized carbons (Fsp3) is 0.364. The van der Waals surface area contributed by atoms with Crippen LogP contribution >= 0.6 is 0 Å². The van der Waals surface area contributed by atoms with Crippen LogP contribution in [0.25, 0.3) is 22.1 Å². The molecule has 2 heterocycles. The van der Waals surface area contributed by atoms with Crippen LogP contribution in [0.3, 0.4) is 0 Å². The first-order valence-electron chi connectivity index (χ1n) is 9.21. The molecule has 4 rings (SSSR count). The maximum absolute atomic E-state index is 9.59. The third-order valence-corrected chi connectivity index (χ3v) is 5.41. The Morgan fingerprint density at radius 3 is 2.77 bits per heavy atom. The molecule has 4 nitrogen and oxygen atoms in total. The van der Waals surface area contributed by atoms with Crippen molar-refractivity contribution in [2.75, 3.05) is 20.3 Å². The van der Waals surface area contributed by atoms with E-state index in [2.05, 4.69) is 29.2 Å². The van der Waals surface area contributed by atoms with E-state index in [9.17, 15) is 5.11 Å². The Bertz CT molecular complexity index is 901. The minimum atomic E-state index is 0.211. The number of rotatable bonds is 5. The van der Waals surface area contributed by atoms with Crippen LogP contribution in [-0.4, -0.2) is 36.3 Å². The van der Waals surface area contributed by atoms with Crippen molar-refractivity contribution in [3.05, 3.63) is 53.8 Å². The standard InChI is InChI=1S/C22H25NO3/c1-15-22(16-7-4-3-5-8-16)19-12-20(25-2)17(11-21(19)26-15)13-23-10-6-9-18(23)14-24/h3-5,7-8,11-12,18,24H,6,9-10,13-14H2,1-2H3/t18-/m1/s1. The Labute approximate surface area is 154 Å². The first kappa shape index (κ1) is 17.1. The summed E-state index contributed by atoms with van der Waals surface area (Å²) < 4.78 is 11.8. The van der Waals surface area contributed by atoms with E-state index in [1.807, 2.05) is 25.1 Å². The number of aliphatic hydroxyl groups excluding tert-OH is 1. The van der Waals surface area contributed by atoms with Gasteiger partial charge in [0.05, 0.1) is 13.7 Å². The average molecular weight is 351 g/mol. The number of fused-ring (bicyclic) bond motifs is 1. The second-order valence-electron chi connectivity index (χ2n) is 7.01. The zero-order valence-electron chi connectivity index (χ0n) is 15.4. The number of aliphatic hydroxyl groups is 1. The molecule has 3 aromatic rings. The number of methoxy groups -OCH3 is 1. The summed E-state index contributed by atoms with van der Waals surface area (Å²) in [4.78, 5) is 2.33. The lowest BCUT2D eigenvalue weighted by atomic mass is 10.0. The summed E-state index contributed by atoms with van der Waals surface area (Å²) in [6.07, 6.45) is 2.19. The van der Waals surface area contributed by atoms with E-state index in [-0.39, 0.29) is 12.6 Å². The normalized spacial score (nSPS) is 17.9. The van der Waals surface area contributed by atoms with Crippen LogP contribution in [-0.2, 0) is 6.54 Å². The topological polar surface area (TPSA) is 45.8 Å². The zero-order chi connectivity index (χ0) is 18.1. The van der Waals surface area contributed by atoms with Crippen LogP contribution in [0, 0.1) is 6.92 Å². The molecule has 0 bridgehead atoms. The van der Waals surface area contributed by atoms with Crippen molar-refractivity contribution in [2.24, 2.45) is 0 Å². The van der Waals surface area contributed by atoms with Crippen molar-refractivity contribution >= 4 is 11.0 Å². The molecule has 0 saturated carbocycles. The number of hydrogen-bond acceptors (Lipinski definition) is 4. The van der Waals surface area contributed by atoms with Gasteiger partial charge in [-0.1, -0.05) is 30.3 Å². The quantitative estimate of drug-likeness (QED) is 0.741. The van der Waals surface area contributed by atoms with Gasteiger partial charge >= 0.3 is 0 Å². The van der Waals surface area contributed by atoms with Gasteiger partial charge in [-0.2, -0.15) is 0 Å². The highest BCUT2D eigenvalue weighted by Gasteiger charge is 2.25. The predicted molar refractivity (Wildman–Crippen MR) is 103 cm³/mol. The lowest BCUT2D eigenvalue weighted by Gasteiger charge is -2.23. The van der Waals surface area contributed by atoms with Gasteiger partial charge < -0.3 is 14.3 Å². The van der Waals surface area contributed by atoms with E-state index in [0.29, 0.717) is 0 Å². The van der Waals surface area contributed by atoms with Crippen molar-refractivity contribution in [3.63, 3.8) is 0 Å². The Morgan fingerprint density at radius 2 is 2.04 bits per heavy atom. The van der Waals surface area contributed by atoms with Crippen molar-refractivity contribution in [2.45, 2.75) is 32.4 Å². The van der Waals surface area contributed by atoms with E-state index in [1.165, 1.54) is 0 Å². The van der Waals surface area contributed by atoms with E-state index in [1.54, 1.807) is 7.11 Å². The van der Waals surface area contributed by atoms with E-state index < -0.39 is 0 Å². The summed E-state index contributed by atoms with van der Waals surface area (Å²) in [5.74, 6) is 1.79. The molecular formula is C22H25NO3. The maximum Gasteiger partial charge on any atom is 0.135 e. The molecule has 2 aromatic carbocycles. The van der Waals surface area contributed by atoms with E-state index >= 15 is 0 Å². The van der Waals surface area contributed by atoms with Crippen LogP contribution in [0.15, 0.2) is 46.9 Å². The van der Waals surface area contributed by atoms with Gasteiger partial charge in [0.15, 0.2) is 0 Å². The molecule has 1 aliphatic rings. The second kappa shape index (κ2) is 7.14. The minimum Gasteiger partial charge on any atom is -0.496 e. The second-order valence-corrected chi connectivity index (χ2v) is 7.01. The zero-order valence-corrected chi connectivity index (χ0v) is 15.4. The molecule has 26 heavy (non-hydrogen) atoms. The third-order valence-electron chi connectivity index (χ3n) is 5.41. The first-order chi connectivity index (χ1) is 12.7.